The molecule has 0 radical (unpaired) electrons. The van der Waals surface area contributed by atoms with Crippen LogP contribution < -0.4 is 20.5 Å². The molecule has 0 unspecified atom stereocenters. The first-order valence-electron chi connectivity index (χ1n) is 7.70. The highest BCUT2D eigenvalue weighted by Crippen LogP contribution is 2.25. The minimum absolute atomic E-state index is 0.00327. The molecule has 2 aromatic rings. The number of carbonyl (C=O) groups is 1. The van der Waals surface area contributed by atoms with Gasteiger partial charge < -0.3 is 15.4 Å². The molecule has 4 N–H and O–H groups in total. The maximum Gasteiger partial charge on any atom is 0.317 e. The number of halogens is 1. The molecule has 0 fully saturated rings. The van der Waals surface area contributed by atoms with Crippen LogP contribution in [-0.4, -0.2) is 21.2 Å². The van der Waals surface area contributed by atoms with Gasteiger partial charge in [-0.3, -0.25) is 0 Å². The zero-order valence-electron chi connectivity index (χ0n) is 14.4. The van der Waals surface area contributed by atoms with Crippen LogP contribution in [0.5, 0.6) is 5.75 Å². The van der Waals surface area contributed by atoms with Crippen LogP contribution in [0.4, 0.5) is 4.79 Å². The van der Waals surface area contributed by atoms with Crippen LogP contribution in [0.25, 0.3) is 0 Å². The van der Waals surface area contributed by atoms with Crippen LogP contribution in [0, 0.1) is 13.8 Å². The highest BCUT2D eigenvalue weighted by atomic mass is 35.5. The Morgan fingerprint density at radius 3 is 2.23 bits per heavy atom. The van der Waals surface area contributed by atoms with Gasteiger partial charge in [0.05, 0.1) is 4.90 Å². The van der Waals surface area contributed by atoms with Crippen molar-refractivity contribution in [2.75, 3.05) is 6.73 Å². The predicted molar refractivity (Wildman–Crippen MR) is 99.6 cm³/mol. The van der Waals surface area contributed by atoms with Crippen LogP contribution in [0.1, 0.15) is 16.7 Å². The lowest BCUT2D eigenvalue weighted by molar-refractivity contribution is 0.223. The van der Waals surface area contributed by atoms with Gasteiger partial charge in [0.1, 0.15) is 5.75 Å². The Kier molecular flexibility index (Phi) is 6.47. The van der Waals surface area contributed by atoms with E-state index in [9.17, 15) is 13.2 Å². The SMILES string of the molecule is Cc1cc(OCNC(=O)NCc2ccc(S(N)(=O)=O)cc2)cc(C)c1Cl. The molecule has 7 nitrogen and oxygen atoms in total. The third kappa shape index (κ3) is 5.62. The van der Waals surface area contributed by atoms with Gasteiger partial charge in [0.15, 0.2) is 6.73 Å². The van der Waals surface area contributed by atoms with Gasteiger partial charge >= 0.3 is 6.03 Å². The summed E-state index contributed by atoms with van der Waals surface area (Å²) in [6, 6.07) is 9.11. The molecule has 26 heavy (non-hydrogen) atoms. The minimum atomic E-state index is -3.72. The molecule has 2 aromatic carbocycles. The topological polar surface area (TPSA) is 111 Å². The number of carbonyl (C=O) groups excluding carboxylic acids is 1. The lowest BCUT2D eigenvalue weighted by Crippen LogP contribution is -2.37. The molecule has 0 aliphatic carbocycles. The van der Waals surface area contributed by atoms with Gasteiger partial charge in [-0.25, -0.2) is 18.4 Å². The molecule has 140 valence electrons. The molecule has 0 spiro atoms. The van der Waals surface area contributed by atoms with Gasteiger partial charge in [-0.1, -0.05) is 23.7 Å². The number of hydrogen-bond donors (Lipinski definition) is 3. The van der Waals surface area contributed by atoms with E-state index in [0.717, 1.165) is 16.7 Å². The number of amides is 2. The van der Waals surface area contributed by atoms with E-state index in [1.54, 1.807) is 24.3 Å². The number of ether oxygens (including phenoxy) is 1. The normalized spacial score (nSPS) is 11.1. The number of nitrogens with two attached hydrogens (primary N) is 1. The lowest BCUT2D eigenvalue weighted by Gasteiger charge is -2.11. The summed E-state index contributed by atoms with van der Waals surface area (Å²) in [6.45, 7) is 3.99. The van der Waals surface area contributed by atoms with E-state index in [4.69, 9.17) is 21.5 Å². The zero-order chi connectivity index (χ0) is 19.3. The van der Waals surface area contributed by atoms with E-state index in [-0.39, 0.29) is 18.2 Å². The van der Waals surface area contributed by atoms with Crippen molar-refractivity contribution in [3.8, 4) is 5.75 Å². The van der Waals surface area contributed by atoms with Crippen molar-refractivity contribution in [2.24, 2.45) is 5.14 Å². The summed E-state index contributed by atoms with van der Waals surface area (Å²) in [6.07, 6.45) is 0. The van der Waals surface area contributed by atoms with E-state index in [1.165, 1.54) is 12.1 Å². The number of hydrogen-bond acceptors (Lipinski definition) is 4. The number of rotatable bonds is 6. The van der Waals surface area contributed by atoms with Crippen LogP contribution in [0.2, 0.25) is 5.02 Å². The van der Waals surface area contributed by atoms with Crippen molar-refractivity contribution in [1.82, 2.24) is 10.6 Å². The van der Waals surface area contributed by atoms with Gasteiger partial charge in [-0.2, -0.15) is 0 Å². The highest BCUT2D eigenvalue weighted by molar-refractivity contribution is 7.89. The fourth-order valence-electron chi connectivity index (χ4n) is 2.22. The second-order valence-corrected chi connectivity index (χ2v) is 7.65. The lowest BCUT2D eigenvalue weighted by atomic mass is 10.1. The third-order valence-electron chi connectivity index (χ3n) is 3.59. The van der Waals surface area contributed by atoms with Gasteiger partial charge in [-0.15, -0.1) is 0 Å². The van der Waals surface area contributed by atoms with Crippen molar-refractivity contribution in [3.05, 3.63) is 58.1 Å². The molecule has 2 amide bonds. The monoisotopic (exact) mass is 397 g/mol. The van der Waals surface area contributed by atoms with Crippen LogP contribution in [-0.2, 0) is 16.6 Å². The summed E-state index contributed by atoms with van der Waals surface area (Å²) in [5, 5.41) is 10.9. The fraction of sp³-hybridized carbons (Fsp3) is 0.235. The summed E-state index contributed by atoms with van der Waals surface area (Å²) >= 11 is 6.09. The number of primary sulfonamides is 1. The van der Waals surface area contributed by atoms with Gasteiger partial charge in [0, 0.05) is 11.6 Å². The summed E-state index contributed by atoms with van der Waals surface area (Å²) in [7, 11) is -3.72. The van der Waals surface area contributed by atoms with Crippen molar-refractivity contribution < 1.29 is 17.9 Å². The first-order chi connectivity index (χ1) is 12.2. The highest BCUT2D eigenvalue weighted by Gasteiger charge is 2.07. The Morgan fingerprint density at radius 2 is 1.69 bits per heavy atom. The Balaban J connectivity index is 1.79. The first-order valence-corrected chi connectivity index (χ1v) is 9.62. The van der Waals surface area contributed by atoms with Gasteiger partial charge in [0.25, 0.3) is 0 Å². The third-order valence-corrected chi connectivity index (χ3v) is 5.11. The maximum absolute atomic E-state index is 11.8. The van der Waals surface area contributed by atoms with E-state index in [0.29, 0.717) is 10.8 Å². The molecular weight excluding hydrogens is 378 g/mol. The van der Waals surface area contributed by atoms with Crippen LogP contribution in [0.3, 0.4) is 0 Å². The number of aryl methyl sites for hydroxylation is 2. The fourth-order valence-corrected chi connectivity index (χ4v) is 2.84. The van der Waals surface area contributed by atoms with E-state index in [1.807, 2.05) is 13.8 Å². The Hall–Kier alpha value is -2.29. The molecular formula is C17H20ClN3O4S. The number of nitrogens with one attached hydrogen (secondary N) is 2. The zero-order valence-corrected chi connectivity index (χ0v) is 15.9. The first kappa shape index (κ1) is 20.0. The maximum atomic E-state index is 11.8. The molecule has 0 aliphatic rings. The molecule has 0 aliphatic heterocycles. The van der Waals surface area contributed by atoms with Crippen molar-refractivity contribution in [2.45, 2.75) is 25.3 Å². The molecule has 0 heterocycles. The summed E-state index contributed by atoms with van der Waals surface area (Å²) in [4.78, 5) is 11.8. The van der Waals surface area contributed by atoms with Gasteiger partial charge in [0.2, 0.25) is 10.0 Å². The van der Waals surface area contributed by atoms with E-state index in [2.05, 4.69) is 10.6 Å². The number of benzene rings is 2. The molecule has 0 saturated carbocycles. The summed E-state index contributed by atoms with van der Waals surface area (Å²) in [5.74, 6) is 0.614. The molecule has 0 bridgehead atoms. The van der Waals surface area contributed by atoms with E-state index >= 15 is 0 Å². The molecule has 0 saturated heterocycles. The van der Waals surface area contributed by atoms with Gasteiger partial charge in [-0.05, 0) is 54.8 Å². The Bertz CT molecular complexity index is 876. The van der Waals surface area contributed by atoms with Crippen molar-refractivity contribution >= 4 is 27.7 Å². The smallest absolute Gasteiger partial charge is 0.317 e. The largest absolute Gasteiger partial charge is 0.473 e. The molecule has 0 atom stereocenters. The quantitative estimate of drug-likeness (QED) is 0.650. The van der Waals surface area contributed by atoms with Crippen LogP contribution in [0.15, 0.2) is 41.3 Å². The Morgan fingerprint density at radius 1 is 1.12 bits per heavy atom. The second-order valence-electron chi connectivity index (χ2n) is 5.71. The predicted octanol–water partition coefficient (Wildman–Crippen LogP) is 2.44. The molecule has 2 rings (SSSR count). The molecule has 9 heteroatoms. The minimum Gasteiger partial charge on any atom is -0.473 e. The van der Waals surface area contributed by atoms with E-state index < -0.39 is 16.1 Å². The average Bonchev–Trinajstić information content (AvgIpc) is 2.57. The van der Waals surface area contributed by atoms with Crippen molar-refractivity contribution in [1.29, 1.82) is 0 Å². The number of sulfonamides is 1. The molecule has 0 aromatic heterocycles. The van der Waals surface area contributed by atoms with Crippen LogP contribution >= 0.6 is 11.6 Å². The van der Waals surface area contributed by atoms with Crippen molar-refractivity contribution in [3.63, 3.8) is 0 Å². The Labute approximate surface area is 157 Å². The average molecular weight is 398 g/mol. The summed E-state index contributed by atoms with van der Waals surface area (Å²) < 4.78 is 27.9. The number of urea groups is 1. The second kappa shape index (κ2) is 8.39. The standard InChI is InChI=1S/C17H20ClN3O4S/c1-11-7-14(8-12(2)16(11)18)25-10-21-17(22)20-9-13-3-5-15(6-4-13)26(19,23)24/h3-8H,9-10H2,1-2H3,(H2,19,23,24)(H2,20,21,22). The summed E-state index contributed by atoms with van der Waals surface area (Å²) in [5.41, 5.74) is 2.53.